The van der Waals surface area contributed by atoms with Crippen LogP contribution in [0.3, 0.4) is 0 Å². The van der Waals surface area contributed by atoms with E-state index in [0.717, 1.165) is 6.20 Å². The maximum atomic E-state index is 13.1. The van der Waals surface area contributed by atoms with Crippen LogP contribution in [-0.4, -0.2) is 16.0 Å². The Balaban J connectivity index is 2.35. The minimum atomic E-state index is -0.686. The first kappa shape index (κ1) is 10.1. The summed E-state index contributed by atoms with van der Waals surface area (Å²) in [4.78, 5) is 11.7. The van der Waals surface area contributed by atoms with E-state index in [9.17, 15) is 9.18 Å². The molecular formula is C11H6FN3O. The lowest BCUT2D eigenvalue weighted by atomic mass is 10.1. The van der Waals surface area contributed by atoms with Gasteiger partial charge in [0.1, 0.15) is 5.69 Å². The number of nitrogens with one attached hydrogen (secondary N) is 1. The Bertz CT molecular complexity index is 566. The van der Waals surface area contributed by atoms with Crippen molar-refractivity contribution in [2.24, 2.45) is 0 Å². The van der Waals surface area contributed by atoms with Gasteiger partial charge < -0.3 is 0 Å². The summed E-state index contributed by atoms with van der Waals surface area (Å²) in [5.74, 6) is -1.17. The third kappa shape index (κ3) is 1.68. The fourth-order valence-electron chi connectivity index (χ4n) is 1.27. The number of benzene rings is 1. The first-order valence-electron chi connectivity index (χ1n) is 4.46. The van der Waals surface area contributed by atoms with Crippen molar-refractivity contribution >= 4 is 5.78 Å². The van der Waals surface area contributed by atoms with Crippen molar-refractivity contribution < 1.29 is 9.18 Å². The summed E-state index contributed by atoms with van der Waals surface area (Å²) in [5, 5.41) is 14.3. The third-order valence-corrected chi connectivity index (χ3v) is 2.10. The van der Waals surface area contributed by atoms with E-state index >= 15 is 0 Å². The average Bonchev–Trinajstić information content (AvgIpc) is 2.75. The van der Waals surface area contributed by atoms with Gasteiger partial charge in [-0.2, -0.15) is 10.4 Å². The van der Waals surface area contributed by atoms with Gasteiger partial charge in [0, 0.05) is 5.56 Å². The molecule has 0 amide bonds. The number of carbonyl (C=O) groups is 1. The Hall–Kier alpha value is -2.48. The third-order valence-electron chi connectivity index (χ3n) is 2.10. The van der Waals surface area contributed by atoms with Crippen molar-refractivity contribution in [2.45, 2.75) is 0 Å². The second-order valence-corrected chi connectivity index (χ2v) is 3.11. The first-order chi connectivity index (χ1) is 7.72. The normalized spacial score (nSPS) is 9.75. The fraction of sp³-hybridized carbons (Fsp3) is 0. The standard InChI is InChI=1S/C11H6FN3O/c12-9-6-14-15-10(9)11(16)8-3-1-7(5-13)2-4-8/h1-4,6H,(H,14,15). The predicted molar refractivity (Wildman–Crippen MR) is 53.1 cm³/mol. The van der Waals surface area contributed by atoms with Crippen molar-refractivity contribution in [3.8, 4) is 6.07 Å². The number of ketones is 1. The summed E-state index contributed by atoms with van der Waals surface area (Å²) < 4.78 is 13.1. The van der Waals surface area contributed by atoms with Gasteiger partial charge in [-0.15, -0.1) is 0 Å². The molecule has 1 aromatic carbocycles. The molecule has 1 N–H and O–H groups in total. The van der Waals surface area contributed by atoms with E-state index in [1.54, 1.807) is 0 Å². The Labute approximate surface area is 90.3 Å². The predicted octanol–water partition coefficient (Wildman–Crippen LogP) is 1.65. The molecule has 0 saturated heterocycles. The van der Waals surface area contributed by atoms with E-state index < -0.39 is 11.6 Å². The zero-order valence-electron chi connectivity index (χ0n) is 8.07. The Morgan fingerprint density at radius 1 is 1.38 bits per heavy atom. The van der Waals surface area contributed by atoms with Crippen LogP contribution >= 0.6 is 0 Å². The van der Waals surface area contributed by atoms with Crippen LogP contribution in [0.2, 0.25) is 0 Å². The number of hydrogen-bond donors (Lipinski definition) is 1. The highest BCUT2D eigenvalue weighted by atomic mass is 19.1. The van der Waals surface area contributed by atoms with Crippen LogP contribution in [0.5, 0.6) is 0 Å². The minimum absolute atomic E-state index is 0.176. The smallest absolute Gasteiger partial charge is 0.213 e. The van der Waals surface area contributed by atoms with Crippen LogP contribution in [0.15, 0.2) is 30.5 Å². The van der Waals surface area contributed by atoms with E-state index in [2.05, 4.69) is 10.2 Å². The van der Waals surface area contributed by atoms with E-state index in [-0.39, 0.29) is 5.69 Å². The molecule has 0 aliphatic rings. The largest absolute Gasteiger partial charge is 0.287 e. The van der Waals surface area contributed by atoms with Crippen molar-refractivity contribution in [2.75, 3.05) is 0 Å². The molecular weight excluding hydrogens is 209 g/mol. The van der Waals surface area contributed by atoms with Crippen LogP contribution in [0.25, 0.3) is 0 Å². The number of nitriles is 1. The van der Waals surface area contributed by atoms with E-state index in [1.807, 2.05) is 6.07 Å². The van der Waals surface area contributed by atoms with Gasteiger partial charge in [0.15, 0.2) is 5.82 Å². The molecule has 0 radical (unpaired) electrons. The van der Waals surface area contributed by atoms with Crippen molar-refractivity contribution in [1.29, 1.82) is 5.26 Å². The molecule has 0 unspecified atom stereocenters. The maximum absolute atomic E-state index is 13.1. The van der Waals surface area contributed by atoms with Crippen LogP contribution < -0.4 is 0 Å². The zero-order chi connectivity index (χ0) is 11.5. The summed E-state index contributed by atoms with van der Waals surface area (Å²) in [6.45, 7) is 0. The maximum Gasteiger partial charge on any atom is 0.213 e. The molecule has 78 valence electrons. The summed E-state index contributed by atoms with van der Waals surface area (Å²) in [7, 11) is 0. The van der Waals surface area contributed by atoms with Gasteiger partial charge in [-0.05, 0) is 24.3 Å². The summed E-state index contributed by atoms with van der Waals surface area (Å²) in [6, 6.07) is 7.88. The quantitative estimate of drug-likeness (QED) is 0.774. The molecule has 0 fully saturated rings. The SMILES string of the molecule is N#Cc1ccc(C(=O)c2[nH]ncc2F)cc1. The highest BCUT2D eigenvalue weighted by Crippen LogP contribution is 2.11. The van der Waals surface area contributed by atoms with Gasteiger partial charge in [-0.1, -0.05) is 0 Å². The van der Waals surface area contributed by atoms with Gasteiger partial charge in [-0.3, -0.25) is 9.89 Å². The molecule has 1 aromatic heterocycles. The summed E-state index contributed by atoms with van der Waals surface area (Å²) in [6.07, 6.45) is 0.941. The van der Waals surface area contributed by atoms with Gasteiger partial charge >= 0.3 is 0 Å². The molecule has 2 rings (SSSR count). The zero-order valence-corrected chi connectivity index (χ0v) is 8.07. The van der Waals surface area contributed by atoms with E-state index in [0.29, 0.717) is 11.1 Å². The lowest BCUT2D eigenvalue weighted by Crippen LogP contribution is -2.04. The molecule has 2 aromatic rings. The molecule has 4 nitrogen and oxygen atoms in total. The second-order valence-electron chi connectivity index (χ2n) is 3.11. The number of hydrogen-bond acceptors (Lipinski definition) is 3. The van der Waals surface area contributed by atoms with Crippen molar-refractivity contribution in [1.82, 2.24) is 10.2 Å². The molecule has 16 heavy (non-hydrogen) atoms. The van der Waals surface area contributed by atoms with E-state index in [1.165, 1.54) is 24.3 Å². The molecule has 0 saturated carbocycles. The summed E-state index contributed by atoms with van der Waals surface area (Å²) >= 11 is 0. The number of carbonyl (C=O) groups excluding carboxylic acids is 1. The number of rotatable bonds is 2. The topological polar surface area (TPSA) is 69.5 Å². The summed E-state index contributed by atoms with van der Waals surface area (Å²) in [5.41, 5.74) is 0.577. The molecule has 0 bridgehead atoms. The Kier molecular flexibility index (Phi) is 2.48. The van der Waals surface area contributed by atoms with E-state index in [4.69, 9.17) is 5.26 Å². The molecule has 0 aliphatic carbocycles. The minimum Gasteiger partial charge on any atom is -0.287 e. The van der Waals surface area contributed by atoms with Crippen LogP contribution in [0.1, 0.15) is 21.6 Å². The number of nitrogens with zero attached hydrogens (tertiary/aromatic N) is 2. The monoisotopic (exact) mass is 215 g/mol. The van der Waals surface area contributed by atoms with Gasteiger partial charge in [0.25, 0.3) is 0 Å². The van der Waals surface area contributed by atoms with Crippen molar-refractivity contribution in [3.63, 3.8) is 0 Å². The molecule has 5 heteroatoms. The first-order valence-corrected chi connectivity index (χ1v) is 4.46. The number of aromatic amines is 1. The second kappa shape index (κ2) is 3.95. The van der Waals surface area contributed by atoms with Crippen LogP contribution in [-0.2, 0) is 0 Å². The molecule has 0 spiro atoms. The highest BCUT2D eigenvalue weighted by molar-refractivity contribution is 6.07. The Morgan fingerprint density at radius 3 is 2.56 bits per heavy atom. The van der Waals surface area contributed by atoms with Crippen LogP contribution in [0.4, 0.5) is 4.39 Å². The fourth-order valence-corrected chi connectivity index (χ4v) is 1.27. The lowest BCUT2D eigenvalue weighted by molar-refractivity contribution is 0.103. The van der Waals surface area contributed by atoms with Crippen LogP contribution in [0, 0.1) is 17.1 Å². The van der Waals surface area contributed by atoms with Gasteiger partial charge in [-0.25, -0.2) is 4.39 Å². The van der Waals surface area contributed by atoms with Crippen molar-refractivity contribution in [3.05, 3.63) is 53.1 Å². The average molecular weight is 215 g/mol. The molecule has 0 atom stereocenters. The van der Waals surface area contributed by atoms with Gasteiger partial charge in [0.2, 0.25) is 5.78 Å². The number of H-pyrrole nitrogens is 1. The van der Waals surface area contributed by atoms with Gasteiger partial charge in [0.05, 0.1) is 17.8 Å². The number of aromatic nitrogens is 2. The molecule has 1 heterocycles. The highest BCUT2D eigenvalue weighted by Gasteiger charge is 2.15. The Morgan fingerprint density at radius 2 is 2.06 bits per heavy atom. The molecule has 0 aliphatic heterocycles. The number of halogens is 1. The lowest BCUT2D eigenvalue weighted by Gasteiger charge is -1.98.